The molecule has 0 aromatic carbocycles. The highest BCUT2D eigenvalue weighted by atomic mass is 28.3. The van der Waals surface area contributed by atoms with E-state index >= 15 is 0 Å². The lowest BCUT2D eigenvalue weighted by atomic mass is 9.92. The molecule has 22 heavy (non-hydrogen) atoms. The molecule has 0 aromatic heterocycles. The molecule has 0 spiro atoms. The van der Waals surface area contributed by atoms with E-state index in [4.69, 9.17) is 0 Å². The summed E-state index contributed by atoms with van der Waals surface area (Å²) in [6.07, 6.45) is 3.40. The zero-order valence-corrected chi connectivity index (χ0v) is 16.1. The summed E-state index contributed by atoms with van der Waals surface area (Å²) in [5.74, 6) is 0.467. The Bertz CT molecular complexity index is 485. The summed E-state index contributed by atoms with van der Waals surface area (Å²) in [5.41, 5.74) is 1.47. The summed E-state index contributed by atoms with van der Waals surface area (Å²) < 4.78 is 0. The fourth-order valence-corrected chi connectivity index (χ4v) is 12.1. The van der Waals surface area contributed by atoms with E-state index in [1.807, 2.05) is 18.0 Å². The van der Waals surface area contributed by atoms with Gasteiger partial charge in [0.2, 0.25) is 5.91 Å². The fourth-order valence-electron chi connectivity index (χ4n) is 5.26. The van der Waals surface area contributed by atoms with Crippen LogP contribution in [0, 0.1) is 5.92 Å². The first-order valence-electron chi connectivity index (χ1n) is 8.73. The smallest absolute Gasteiger partial charge is 0.226 e. The van der Waals surface area contributed by atoms with Crippen molar-refractivity contribution in [1.82, 2.24) is 4.90 Å². The average molecular weight is 322 g/mol. The molecule has 2 aliphatic heterocycles. The Kier molecular flexibility index (Phi) is 4.72. The highest BCUT2D eigenvalue weighted by molar-refractivity contribution is 6.93. The molecule has 1 saturated heterocycles. The van der Waals surface area contributed by atoms with Crippen LogP contribution in [0.25, 0.3) is 0 Å². The lowest BCUT2D eigenvalue weighted by Crippen LogP contribution is -2.54. The van der Waals surface area contributed by atoms with Gasteiger partial charge in [-0.25, -0.2) is 0 Å². The van der Waals surface area contributed by atoms with Crippen LogP contribution in [0.5, 0.6) is 0 Å². The second-order valence-electron chi connectivity index (χ2n) is 8.00. The van der Waals surface area contributed by atoms with Crippen LogP contribution in [0.4, 0.5) is 0 Å². The lowest BCUT2D eigenvalue weighted by Gasteiger charge is -2.47. The van der Waals surface area contributed by atoms with E-state index in [1.54, 1.807) is 0 Å². The van der Waals surface area contributed by atoms with Crippen LogP contribution in [0.1, 0.15) is 61.3 Å². The van der Waals surface area contributed by atoms with E-state index in [0.29, 0.717) is 28.8 Å². The molecular formula is C18H31NO2Si. The Balaban J connectivity index is 2.62. The molecule has 4 heteroatoms. The number of Topliss-reactive ketones (excluding diaryl/α,β-unsaturated/α-hetero) is 1. The molecule has 0 saturated carbocycles. The Morgan fingerprint density at radius 3 is 2.00 bits per heavy atom. The summed E-state index contributed by atoms with van der Waals surface area (Å²) >= 11 is 0. The van der Waals surface area contributed by atoms with Crippen LogP contribution in [-0.2, 0) is 9.59 Å². The zero-order valence-electron chi connectivity index (χ0n) is 15.1. The minimum Gasteiger partial charge on any atom is -0.315 e. The third-order valence-electron chi connectivity index (χ3n) is 6.16. The number of nitrogens with zero attached hydrogens (tertiary/aromatic N) is 1. The minimum atomic E-state index is -2.00. The van der Waals surface area contributed by atoms with E-state index in [2.05, 4.69) is 41.5 Å². The van der Waals surface area contributed by atoms with E-state index in [9.17, 15) is 9.59 Å². The van der Waals surface area contributed by atoms with Crippen molar-refractivity contribution in [2.45, 2.75) is 84.0 Å². The predicted molar refractivity (Wildman–Crippen MR) is 93.2 cm³/mol. The zero-order chi connectivity index (χ0) is 16.8. The van der Waals surface area contributed by atoms with Crippen molar-refractivity contribution in [3.8, 4) is 0 Å². The lowest BCUT2D eigenvalue weighted by molar-refractivity contribution is -0.129. The molecule has 0 aromatic rings. The number of fused-ring (bicyclic) bond motifs is 1. The highest BCUT2D eigenvalue weighted by Gasteiger charge is 2.53. The van der Waals surface area contributed by atoms with Gasteiger partial charge in [-0.2, -0.15) is 0 Å². The fraction of sp³-hybridized carbons (Fsp3) is 0.778. The molecule has 1 amide bonds. The quantitative estimate of drug-likeness (QED) is 0.724. The normalized spacial score (nSPS) is 26.3. The number of rotatable bonds is 4. The number of allylic oxidation sites excluding steroid dienone is 1. The van der Waals surface area contributed by atoms with Crippen LogP contribution in [-0.4, -0.2) is 30.7 Å². The van der Waals surface area contributed by atoms with Gasteiger partial charge in [0, 0.05) is 24.6 Å². The molecule has 2 rings (SSSR count). The first-order valence-corrected chi connectivity index (χ1v) is 11.0. The number of ketones is 1. The molecule has 0 radical (unpaired) electrons. The van der Waals surface area contributed by atoms with Crippen LogP contribution in [0.3, 0.4) is 0 Å². The number of amides is 1. The topological polar surface area (TPSA) is 37.4 Å². The molecule has 0 bridgehead atoms. The monoisotopic (exact) mass is 321 g/mol. The van der Waals surface area contributed by atoms with Crippen molar-refractivity contribution in [2.24, 2.45) is 5.92 Å². The number of hydrogen-bond donors (Lipinski definition) is 0. The second-order valence-corrected chi connectivity index (χ2v) is 13.9. The van der Waals surface area contributed by atoms with Crippen molar-refractivity contribution in [3.63, 3.8) is 0 Å². The Morgan fingerprint density at radius 2 is 1.55 bits per heavy atom. The first-order chi connectivity index (χ1) is 10.2. The van der Waals surface area contributed by atoms with Crippen LogP contribution >= 0.6 is 0 Å². The van der Waals surface area contributed by atoms with Crippen LogP contribution < -0.4 is 0 Å². The number of carbonyl (C=O) groups is 2. The molecule has 2 heterocycles. The molecule has 2 aliphatic rings. The maximum absolute atomic E-state index is 13.2. The van der Waals surface area contributed by atoms with E-state index < -0.39 is 8.07 Å². The first kappa shape index (κ1) is 17.5. The summed E-state index contributed by atoms with van der Waals surface area (Å²) in [5, 5.41) is 1.02. The van der Waals surface area contributed by atoms with Crippen LogP contribution in [0.15, 0.2) is 11.4 Å². The average Bonchev–Trinajstić information content (AvgIpc) is 2.76. The predicted octanol–water partition coefficient (Wildman–Crippen LogP) is 4.30. The molecule has 0 N–H and O–H groups in total. The van der Waals surface area contributed by atoms with Crippen molar-refractivity contribution >= 4 is 19.8 Å². The van der Waals surface area contributed by atoms with Gasteiger partial charge in [-0.3, -0.25) is 9.59 Å². The van der Waals surface area contributed by atoms with E-state index in [-0.39, 0.29) is 17.9 Å². The summed E-state index contributed by atoms with van der Waals surface area (Å²) in [7, 11) is -2.00. The number of carbonyl (C=O) groups excluding carboxylic acids is 2. The molecule has 1 fully saturated rings. The molecule has 3 nitrogen and oxygen atoms in total. The van der Waals surface area contributed by atoms with Gasteiger partial charge in [0.05, 0.1) is 0 Å². The molecule has 2 atom stereocenters. The molecule has 0 aliphatic carbocycles. The third-order valence-corrected chi connectivity index (χ3v) is 13.2. The molecule has 124 valence electrons. The third kappa shape index (κ3) is 2.30. The second kappa shape index (κ2) is 5.95. The minimum absolute atomic E-state index is 0.0467. The number of hydrogen-bond acceptors (Lipinski definition) is 2. The Morgan fingerprint density at radius 1 is 1.05 bits per heavy atom. The van der Waals surface area contributed by atoms with Crippen LogP contribution in [0.2, 0.25) is 16.6 Å². The van der Waals surface area contributed by atoms with Gasteiger partial charge in [-0.05, 0) is 28.2 Å². The largest absolute Gasteiger partial charge is 0.315 e. The Hall–Kier alpha value is -0.903. The van der Waals surface area contributed by atoms with E-state index in [0.717, 1.165) is 11.6 Å². The molecule has 0 unspecified atom stereocenters. The van der Waals surface area contributed by atoms with Crippen molar-refractivity contribution in [3.05, 3.63) is 11.4 Å². The summed E-state index contributed by atoms with van der Waals surface area (Å²) in [4.78, 5) is 27.3. The standard InChI is InChI=1S/C18H31NO2Si/c1-11(2)22(12(3)4,13(5)6)16-10-19-15(8-9-17(19)20)14(7)18(16)21/h10-15H,8-9H2,1-7H3/t14-,15-/m0/s1. The van der Waals surface area contributed by atoms with Gasteiger partial charge in [-0.1, -0.05) is 48.5 Å². The van der Waals surface area contributed by atoms with Crippen molar-refractivity contribution in [1.29, 1.82) is 0 Å². The van der Waals surface area contributed by atoms with Crippen molar-refractivity contribution < 1.29 is 9.59 Å². The van der Waals surface area contributed by atoms with Crippen molar-refractivity contribution in [2.75, 3.05) is 0 Å². The SMILES string of the molecule is CC(C)[Si](C1=CN2C(=O)CC[C@H]2[C@H](C)C1=O)(C(C)C)C(C)C. The van der Waals surface area contributed by atoms with Gasteiger partial charge >= 0.3 is 0 Å². The summed E-state index contributed by atoms with van der Waals surface area (Å²) in [6, 6.07) is 0.0990. The maximum Gasteiger partial charge on any atom is 0.226 e. The molecular weight excluding hydrogens is 290 g/mol. The Labute approximate surface area is 136 Å². The van der Waals surface area contributed by atoms with Gasteiger partial charge < -0.3 is 4.90 Å². The van der Waals surface area contributed by atoms with Gasteiger partial charge in [0.25, 0.3) is 0 Å². The summed E-state index contributed by atoms with van der Waals surface area (Å²) in [6.45, 7) is 15.6. The van der Waals surface area contributed by atoms with Gasteiger partial charge in [-0.15, -0.1) is 0 Å². The highest BCUT2D eigenvalue weighted by Crippen LogP contribution is 2.49. The maximum atomic E-state index is 13.2. The van der Waals surface area contributed by atoms with E-state index in [1.165, 1.54) is 0 Å². The van der Waals surface area contributed by atoms with Gasteiger partial charge in [0.1, 0.15) is 8.07 Å². The van der Waals surface area contributed by atoms with Gasteiger partial charge in [0.15, 0.2) is 5.78 Å².